The van der Waals surface area contributed by atoms with Crippen molar-refractivity contribution in [2.75, 3.05) is 20.2 Å². The number of fused-ring (bicyclic) bond motifs is 1. The molecular weight excluding hydrogens is 402 g/mol. The maximum Gasteiger partial charge on any atom is 0.324 e. The molecule has 8 nitrogen and oxygen atoms in total. The van der Waals surface area contributed by atoms with Gasteiger partial charge in [-0.25, -0.2) is 4.98 Å². The number of likely N-dealkylation sites (tertiary alicyclic amines) is 1. The standard InChI is InChI=1S/C18H17N3O5S2/c1-25-12-2-3-14-13(10-12)19-18(28-14)26-11-6-8-20(9-7-11)17(22)15-4-5-16(27-15)21(23)24/h2-5,10-11H,6-9H2,1H3. The minimum absolute atomic E-state index is 0.0100. The summed E-state index contributed by atoms with van der Waals surface area (Å²) in [4.78, 5) is 29.5. The molecule has 0 saturated carbocycles. The number of thiazole rings is 1. The van der Waals surface area contributed by atoms with Gasteiger partial charge in [-0.2, -0.15) is 0 Å². The first-order valence-corrected chi connectivity index (χ1v) is 10.3. The fourth-order valence-corrected chi connectivity index (χ4v) is 4.73. The van der Waals surface area contributed by atoms with E-state index in [1.807, 2.05) is 18.2 Å². The number of hydrogen-bond acceptors (Lipinski definition) is 8. The highest BCUT2D eigenvalue weighted by Gasteiger charge is 2.27. The molecule has 10 heteroatoms. The van der Waals surface area contributed by atoms with Gasteiger partial charge in [0.15, 0.2) is 0 Å². The normalized spacial score (nSPS) is 15.0. The molecule has 1 aliphatic rings. The van der Waals surface area contributed by atoms with Crippen LogP contribution in [0.25, 0.3) is 10.2 Å². The minimum Gasteiger partial charge on any atom is -0.497 e. The fraction of sp³-hybridized carbons (Fsp3) is 0.333. The fourth-order valence-electron chi connectivity index (χ4n) is 3.08. The van der Waals surface area contributed by atoms with Crippen molar-refractivity contribution in [2.24, 2.45) is 0 Å². The zero-order chi connectivity index (χ0) is 19.7. The van der Waals surface area contributed by atoms with Crippen LogP contribution in [0, 0.1) is 10.1 Å². The summed E-state index contributed by atoms with van der Waals surface area (Å²) in [7, 11) is 1.62. The minimum atomic E-state index is -0.477. The molecule has 1 amide bonds. The number of nitro groups is 1. The van der Waals surface area contributed by atoms with Gasteiger partial charge in [0.05, 0.1) is 27.1 Å². The highest BCUT2D eigenvalue weighted by atomic mass is 32.1. The number of hydrogen-bond donors (Lipinski definition) is 0. The number of aromatic nitrogens is 1. The van der Waals surface area contributed by atoms with Crippen LogP contribution in [0.2, 0.25) is 0 Å². The number of rotatable bonds is 5. The maximum atomic E-state index is 12.5. The van der Waals surface area contributed by atoms with Gasteiger partial charge in [-0.1, -0.05) is 22.7 Å². The van der Waals surface area contributed by atoms with Gasteiger partial charge < -0.3 is 14.4 Å². The lowest BCUT2D eigenvalue weighted by atomic mass is 10.1. The van der Waals surface area contributed by atoms with E-state index in [9.17, 15) is 14.9 Å². The Bertz CT molecular complexity index is 1020. The zero-order valence-electron chi connectivity index (χ0n) is 15.0. The van der Waals surface area contributed by atoms with E-state index in [1.54, 1.807) is 12.0 Å². The topological polar surface area (TPSA) is 94.8 Å². The van der Waals surface area contributed by atoms with E-state index < -0.39 is 4.92 Å². The largest absolute Gasteiger partial charge is 0.497 e. The van der Waals surface area contributed by atoms with E-state index in [0.717, 1.165) is 27.3 Å². The number of carbonyl (C=O) groups excluding carboxylic acids is 1. The van der Waals surface area contributed by atoms with Crippen LogP contribution in [0.3, 0.4) is 0 Å². The smallest absolute Gasteiger partial charge is 0.324 e. The average Bonchev–Trinajstić information content (AvgIpc) is 3.34. The van der Waals surface area contributed by atoms with E-state index in [4.69, 9.17) is 9.47 Å². The van der Waals surface area contributed by atoms with Crippen LogP contribution in [0.15, 0.2) is 30.3 Å². The van der Waals surface area contributed by atoms with Crippen molar-refractivity contribution in [1.82, 2.24) is 9.88 Å². The molecule has 2 aromatic heterocycles. The van der Waals surface area contributed by atoms with Crippen LogP contribution in [-0.2, 0) is 0 Å². The lowest BCUT2D eigenvalue weighted by molar-refractivity contribution is -0.380. The first-order valence-electron chi connectivity index (χ1n) is 8.68. The molecule has 3 heterocycles. The number of methoxy groups -OCH3 is 1. The van der Waals surface area contributed by atoms with Gasteiger partial charge in [-0.15, -0.1) is 0 Å². The number of piperidine rings is 1. The lowest BCUT2D eigenvalue weighted by Crippen LogP contribution is -2.41. The van der Waals surface area contributed by atoms with Gasteiger partial charge >= 0.3 is 5.00 Å². The Kier molecular flexibility index (Phi) is 5.14. The number of benzene rings is 1. The second-order valence-electron chi connectivity index (χ2n) is 6.32. The summed E-state index contributed by atoms with van der Waals surface area (Å²) in [6.45, 7) is 1.10. The van der Waals surface area contributed by atoms with Crippen molar-refractivity contribution < 1.29 is 19.2 Å². The molecule has 0 spiro atoms. The Hall–Kier alpha value is -2.72. The van der Waals surface area contributed by atoms with Gasteiger partial charge in [-0.05, 0) is 18.2 Å². The predicted octanol–water partition coefficient (Wildman–Crippen LogP) is 3.96. The number of thiophene rings is 1. The highest BCUT2D eigenvalue weighted by molar-refractivity contribution is 7.20. The number of nitrogens with zero attached hydrogens (tertiary/aromatic N) is 3. The van der Waals surface area contributed by atoms with Crippen LogP contribution in [0.1, 0.15) is 22.5 Å². The molecule has 0 N–H and O–H groups in total. The molecule has 0 radical (unpaired) electrons. The van der Waals surface area contributed by atoms with Crippen LogP contribution >= 0.6 is 22.7 Å². The number of carbonyl (C=O) groups is 1. The molecule has 1 aromatic carbocycles. The average molecular weight is 419 g/mol. The summed E-state index contributed by atoms with van der Waals surface area (Å²) in [6.07, 6.45) is 1.38. The van der Waals surface area contributed by atoms with E-state index >= 15 is 0 Å². The molecule has 0 unspecified atom stereocenters. The molecule has 146 valence electrons. The van der Waals surface area contributed by atoms with Crippen LogP contribution in [0.4, 0.5) is 5.00 Å². The van der Waals surface area contributed by atoms with Crippen molar-refractivity contribution in [1.29, 1.82) is 0 Å². The summed E-state index contributed by atoms with van der Waals surface area (Å²) < 4.78 is 12.3. The summed E-state index contributed by atoms with van der Waals surface area (Å²) in [5.74, 6) is 0.591. The Labute approximate surface area is 168 Å². The summed E-state index contributed by atoms with van der Waals surface area (Å²) in [5.41, 5.74) is 0.839. The van der Waals surface area contributed by atoms with Gasteiger partial charge in [-0.3, -0.25) is 14.9 Å². The van der Waals surface area contributed by atoms with E-state index in [-0.39, 0.29) is 17.0 Å². The Balaban J connectivity index is 1.36. The van der Waals surface area contributed by atoms with Gasteiger partial charge in [0, 0.05) is 38.1 Å². The molecule has 0 atom stereocenters. The van der Waals surface area contributed by atoms with Crippen LogP contribution in [0.5, 0.6) is 10.9 Å². The Morgan fingerprint density at radius 3 is 2.71 bits per heavy atom. The van der Waals surface area contributed by atoms with E-state index in [0.29, 0.717) is 36.0 Å². The quantitative estimate of drug-likeness (QED) is 0.459. The van der Waals surface area contributed by atoms with Crippen LogP contribution < -0.4 is 9.47 Å². The van der Waals surface area contributed by atoms with Crippen molar-refractivity contribution >= 4 is 43.8 Å². The highest BCUT2D eigenvalue weighted by Crippen LogP contribution is 2.32. The third kappa shape index (κ3) is 3.78. The second kappa shape index (κ2) is 7.72. The Morgan fingerprint density at radius 1 is 1.25 bits per heavy atom. The third-order valence-corrected chi connectivity index (χ3v) is 6.51. The van der Waals surface area contributed by atoms with Gasteiger partial charge in [0.25, 0.3) is 11.1 Å². The lowest BCUT2D eigenvalue weighted by Gasteiger charge is -2.31. The monoisotopic (exact) mass is 419 g/mol. The van der Waals surface area contributed by atoms with Crippen molar-refractivity contribution in [3.05, 3.63) is 45.3 Å². The van der Waals surface area contributed by atoms with Crippen LogP contribution in [-0.4, -0.2) is 47.0 Å². The molecule has 28 heavy (non-hydrogen) atoms. The predicted molar refractivity (Wildman–Crippen MR) is 107 cm³/mol. The van der Waals surface area contributed by atoms with Gasteiger partial charge in [0.2, 0.25) is 0 Å². The second-order valence-corrected chi connectivity index (χ2v) is 8.37. The molecule has 1 fully saturated rings. The molecular formula is C18H17N3O5S2. The number of ether oxygens (including phenoxy) is 2. The maximum absolute atomic E-state index is 12.5. The molecule has 0 bridgehead atoms. The van der Waals surface area contributed by atoms with E-state index in [2.05, 4.69) is 4.98 Å². The van der Waals surface area contributed by atoms with Crippen molar-refractivity contribution in [3.8, 4) is 10.9 Å². The molecule has 1 aliphatic heterocycles. The van der Waals surface area contributed by atoms with Crippen molar-refractivity contribution in [3.63, 3.8) is 0 Å². The third-order valence-electron chi connectivity index (χ3n) is 4.55. The first kappa shape index (κ1) is 18.6. The Morgan fingerprint density at radius 2 is 2.04 bits per heavy atom. The summed E-state index contributed by atoms with van der Waals surface area (Å²) >= 11 is 2.40. The molecule has 1 saturated heterocycles. The van der Waals surface area contributed by atoms with Crippen molar-refractivity contribution in [2.45, 2.75) is 18.9 Å². The molecule has 3 aromatic rings. The SMILES string of the molecule is COc1ccc2sc(OC3CCN(C(=O)c4ccc([N+](=O)[O-])s4)CC3)nc2c1. The molecule has 0 aliphatic carbocycles. The van der Waals surface area contributed by atoms with Gasteiger partial charge in [0.1, 0.15) is 11.9 Å². The number of amides is 1. The zero-order valence-corrected chi connectivity index (χ0v) is 16.6. The summed E-state index contributed by atoms with van der Waals surface area (Å²) in [5, 5.41) is 11.4. The summed E-state index contributed by atoms with van der Waals surface area (Å²) in [6, 6.07) is 8.61. The molecule has 4 rings (SSSR count). The first-order chi connectivity index (χ1) is 13.5. The van der Waals surface area contributed by atoms with E-state index in [1.165, 1.54) is 23.5 Å².